The van der Waals surface area contributed by atoms with E-state index < -0.39 is 11.4 Å². The lowest BCUT2D eigenvalue weighted by atomic mass is 9.64. The molecule has 0 radical (unpaired) electrons. The number of halogens is 2. The standard InChI is InChI=1S/C30H30Cl2N2O4/c1-28(2,27(35)36)19-5-7-20(8-6-19)30-13-11-29(12-14-30,17-37-30)10-9-21-25(34-38-26(21)18-3-4-18)24-22(31)15-33-16-23(24)32/h5-10,15-16,18H,3-4,11-14,17H2,1-2H3,(H,35,36)/b10-9+. The summed E-state index contributed by atoms with van der Waals surface area (Å²) in [4.78, 5) is 15.7. The average molecular weight is 553 g/mol. The van der Waals surface area contributed by atoms with Crippen LogP contribution in [0.1, 0.15) is 80.7 Å². The molecule has 2 aromatic heterocycles. The minimum Gasteiger partial charge on any atom is -0.481 e. The highest BCUT2D eigenvalue weighted by Gasteiger charge is 2.49. The fraction of sp³-hybridized carbons (Fsp3) is 0.433. The van der Waals surface area contributed by atoms with E-state index in [4.69, 9.17) is 32.5 Å². The smallest absolute Gasteiger partial charge is 0.313 e. The fourth-order valence-electron chi connectivity index (χ4n) is 5.81. The Bertz CT molecular complexity index is 1380. The van der Waals surface area contributed by atoms with Crippen molar-refractivity contribution < 1.29 is 19.2 Å². The molecule has 4 fully saturated rings. The minimum absolute atomic E-state index is 0.0613. The number of rotatable bonds is 7. The number of aromatic nitrogens is 2. The molecule has 6 nitrogen and oxygen atoms in total. The van der Waals surface area contributed by atoms with Gasteiger partial charge in [-0.05, 0) is 63.5 Å². The monoisotopic (exact) mass is 552 g/mol. The molecule has 4 aliphatic rings. The maximum absolute atomic E-state index is 11.7. The van der Waals surface area contributed by atoms with Crippen molar-refractivity contribution in [1.29, 1.82) is 0 Å². The fourth-order valence-corrected chi connectivity index (χ4v) is 6.36. The number of pyridine rings is 1. The highest BCUT2D eigenvalue weighted by atomic mass is 35.5. The zero-order valence-electron chi connectivity index (χ0n) is 21.5. The molecule has 1 aromatic carbocycles. The molecule has 2 aliphatic heterocycles. The Balaban J connectivity index is 1.25. The van der Waals surface area contributed by atoms with E-state index >= 15 is 0 Å². The zero-order chi connectivity index (χ0) is 26.7. The van der Waals surface area contributed by atoms with Gasteiger partial charge in [-0.15, -0.1) is 0 Å². The van der Waals surface area contributed by atoms with Gasteiger partial charge in [0.25, 0.3) is 0 Å². The topological polar surface area (TPSA) is 85.5 Å². The molecule has 198 valence electrons. The van der Waals surface area contributed by atoms with Crippen LogP contribution in [0, 0.1) is 5.41 Å². The summed E-state index contributed by atoms with van der Waals surface area (Å²) in [5.74, 6) is 0.437. The van der Waals surface area contributed by atoms with Crippen molar-refractivity contribution in [1.82, 2.24) is 10.1 Å². The summed E-state index contributed by atoms with van der Waals surface area (Å²) >= 11 is 12.9. The first-order chi connectivity index (χ1) is 18.1. The molecule has 0 atom stereocenters. The summed E-state index contributed by atoms with van der Waals surface area (Å²) < 4.78 is 12.4. The van der Waals surface area contributed by atoms with E-state index in [9.17, 15) is 9.90 Å². The molecule has 8 heteroatoms. The van der Waals surface area contributed by atoms with Gasteiger partial charge >= 0.3 is 5.97 Å². The normalized spacial score (nSPS) is 25.3. The molecule has 38 heavy (non-hydrogen) atoms. The quantitative estimate of drug-likeness (QED) is 0.322. The second-order valence-electron chi connectivity index (χ2n) is 11.5. The number of hydrogen-bond acceptors (Lipinski definition) is 5. The first kappa shape index (κ1) is 25.6. The molecule has 2 bridgehead atoms. The predicted octanol–water partition coefficient (Wildman–Crippen LogP) is 7.78. The van der Waals surface area contributed by atoms with Crippen LogP contribution in [0.25, 0.3) is 17.3 Å². The van der Waals surface area contributed by atoms with Gasteiger partial charge in [0.15, 0.2) is 0 Å². The Kier molecular flexibility index (Phi) is 6.21. The number of aliphatic carboxylic acids is 1. The van der Waals surface area contributed by atoms with Crippen LogP contribution in [0.4, 0.5) is 0 Å². The van der Waals surface area contributed by atoms with Crippen LogP contribution >= 0.6 is 23.2 Å². The summed E-state index contributed by atoms with van der Waals surface area (Å²) in [6.45, 7) is 4.09. The molecule has 2 saturated carbocycles. The first-order valence-electron chi connectivity index (χ1n) is 13.1. The van der Waals surface area contributed by atoms with Gasteiger partial charge in [-0.1, -0.05) is 64.8 Å². The number of nitrogens with zero attached hydrogens (tertiary/aromatic N) is 2. The lowest BCUT2D eigenvalue weighted by molar-refractivity contribution is -0.173. The molecule has 0 spiro atoms. The second kappa shape index (κ2) is 9.22. The van der Waals surface area contributed by atoms with Crippen molar-refractivity contribution in [3.63, 3.8) is 0 Å². The molecule has 3 aromatic rings. The van der Waals surface area contributed by atoms with E-state index in [1.165, 1.54) is 0 Å². The molecule has 2 aliphatic carbocycles. The molecular formula is C30H30Cl2N2O4. The van der Waals surface area contributed by atoms with E-state index in [2.05, 4.69) is 22.3 Å². The SMILES string of the molecule is CC(C)(C(=O)O)c1ccc(C23CCC(/C=C/c4c(-c5c(Cl)cncc5Cl)noc4C4CC4)(CC2)CO3)cc1. The second-order valence-corrected chi connectivity index (χ2v) is 12.4. The van der Waals surface area contributed by atoms with E-state index in [1.54, 1.807) is 26.2 Å². The summed E-state index contributed by atoms with van der Waals surface area (Å²) in [6.07, 6.45) is 13.6. The molecular weight excluding hydrogens is 523 g/mol. The van der Waals surface area contributed by atoms with Crippen LogP contribution in [-0.4, -0.2) is 27.8 Å². The third-order valence-corrected chi connectivity index (χ3v) is 9.33. The Morgan fingerprint density at radius 2 is 1.74 bits per heavy atom. The van der Waals surface area contributed by atoms with Gasteiger partial charge in [0.2, 0.25) is 0 Å². The number of carbonyl (C=O) groups is 1. The van der Waals surface area contributed by atoms with Crippen molar-refractivity contribution in [2.75, 3.05) is 6.61 Å². The lowest BCUT2D eigenvalue weighted by Crippen LogP contribution is -2.48. The van der Waals surface area contributed by atoms with Gasteiger partial charge in [-0.2, -0.15) is 0 Å². The van der Waals surface area contributed by atoms with Crippen molar-refractivity contribution in [3.8, 4) is 11.3 Å². The molecule has 0 unspecified atom stereocenters. The minimum atomic E-state index is -0.930. The number of carboxylic acid groups (broad SMARTS) is 1. The number of fused-ring (bicyclic) bond motifs is 3. The summed E-state index contributed by atoms with van der Waals surface area (Å²) in [5, 5.41) is 14.8. The number of carboxylic acids is 1. The third-order valence-electron chi connectivity index (χ3n) is 8.75. The summed E-state index contributed by atoms with van der Waals surface area (Å²) in [7, 11) is 0. The van der Waals surface area contributed by atoms with Crippen LogP contribution in [0.2, 0.25) is 10.0 Å². The number of hydrogen-bond donors (Lipinski definition) is 1. The van der Waals surface area contributed by atoms with E-state index in [0.717, 1.165) is 61.0 Å². The Morgan fingerprint density at radius 1 is 1.08 bits per heavy atom. The molecule has 1 N–H and O–H groups in total. The molecule has 2 saturated heterocycles. The largest absolute Gasteiger partial charge is 0.481 e. The van der Waals surface area contributed by atoms with Gasteiger partial charge in [0.1, 0.15) is 11.5 Å². The summed E-state index contributed by atoms with van der Waals surface area (Å²) in [6, 6.07) is 7.95. The van der Waals surface area contributed by atoms with Crippen molar-refractivity contribution in [2.45, 2.75) is 69.3 Å². The van der Waals surface area contributed by atoms with Gasteiger partial charge in [-0.3, -0.25) is 9.78 Å². The highest BCUT2D eigenvalue weighted by molar-refractivity contribution is 6.39. The molecule has 4 heterocycles. The third kappa shape index (κ3) is 4.27. The highest BCUT2D eigenvalue weighted by Crippen LogP contribution is 2.55. The van der Waals surface area contributed by atoms with Crippen molar-refractivity contribution in [2.24, 2.45) is 5.41 Å². The van der Waals surface area contributed by atoms with E-state index in [1.807, 2.05) is 24.3 Å². The zero-order valence-corrected chi connectivity index (χ0v) is 23.0. The Morgan fingerprint density at radius 3 is 2.29 bits per heavy atom. The summed E-state index contributed by atoms with van der Waals surface area (Å²) in [5.41, 5.74) is 2.85. The number of benzene rings is 1. The Labute approximate surface area is 232 Å². The van der Waals surface area contributed by atoms with Crippen LogP contribution < -0.4 is 0 Å². The first-order valence-corrected chi connectivity index (χ1v) is 13.9. The van der Waals surface area contributed by atoms with Gasteiger partial charge in [-0.25, -0.2) is 0 Å². The molecule has 7 rings (SSSR count). The van der Waals surface area contributed by atoms with E-state index in [-0.39, 0.29) is 11.0 Å². The van der Waals surface area contributed by atoms with Crippen LogP contribution in [-0.2, 0) is 20.5 Å². The van der Waals surface area contributed by atoms with Crippen molar-refractivity contribution in [3.05, 3.63) is 75.2 Å². The maximum Gasteiger partial charge on any atom is 0.313 e. The maximum atomic E-state index is 11.7. The average Bonchev–Trinajstić information content (AvgIpc) is 3.68. The predicted molar refractivity (Wildman–Crippen MR) is 146 cm³/mol. The van der Waals surface area contributed by atoms with Crippen LogP contribution in [0.5, 0.6) is 0 Å². The molecule has 0 amide bonds. The Hall–Kier alpha value is -2.67. The van der Waals surface area contributed by atoms with Crippen molar-refractivity contribution >= 4 is 35.2 Å². The van der Waals surface area contributed by atoms with E-state index in [0.29, 0.717) is 33.8 Å². The number of ether oxygens (including phenoxy) is 1. The van der Waals surface area contributed by atoms with Gasteiger partial charge in [0.05, 0.1) is 27.7 Å². The van der Waals surface area contributed by atoms with Crippen LogP contribution in [0.15, 0.2) is 47.3 Å². The van der Waals surface area contributed by atoms with Gasteiger partial charge < -0.3 is 14.4 Å². The van der Waals surface area contributed by atoms with Gasteiger partial charge in [0, 0.05) is 34.9 Å². The van der Waals surface area contributed by atoms with Crippen LogP contribution in [0.3, 0.4) is 0 Å². The lowest BCUT2D eigenvalue weighted by Gasteiger charge is -2.52.